The van der Waals surface area contributed by atoms with E-state index in [1.54, 1.807) is 0 Å². The highest BCUT2D eigenvalue weighted by molar-refractivity contribution is 5.80. The molecule has 98 valence electrons. The topological polar surface area (TPSA) is 32.6 Å². The van der Waals surface area contributed by atoms with Gasteiger partial charge in [-0.2, -0.15) is 0 Å². The van der Waals surface area contributed by atoms with E-state index in [1.165, 1.54) is 17.6 Å². The van der Waals surface area contributed by atoms with Crippen LogP contribution in [0, 0.1) is 5.92 Å². The molecule has 0 spiro atoms. The summed E-state index contributed by atoms with van der Waals surface area (Å²) in [6.45, 7) is 10.7. The van der Waals surface area contributed by atoms with Gasteiger partial charge in [-0.15, -0.1) is 0 Å². The number of allylic oxidation sites excluding steroid dienone is 3. The molecule has 0 rings (SSSR count). The van der Waals surface area contributed by atoms with E-state index in [0.717, 1.165) is 18.5 Å². The summed E-state index contributed by atoms with van der Waals surface area (Å²) in [6.07, 6.45) is 7.09. The van der Waals surface area contributed by atoms with Gasteiger partial charge in [-0.3, -0.25) is 4.99 Å². The number of hydrogen-bond acceptors (Lipinski definition) is 2. The van der Waals surface area contributed by atoms with Crippen LogP contribution in [0.15, 0.2) is 27.9 Å². The molecule has 1 N–H and O–H groups in total. The van der Waals surface area contributed by atoms with E-state index in [-0.39, 0.29) is 6.61 Å². The maximum Gasteiger partial charge on any atom is 0.0849 e. The summed E-state index contributed by atoms with van der Waals surface area (Å²) in [4.78, 5) is 4.35. The van der Waals surface area contributed by atoms with Gasteiger partial charge in [0.1, 0.15) is 0 Å². The van der Waals surface area contributed by atoms with Crippen LogP contribution in [-0.4, -0.2) is 17.9 Å². The van der Waals surface area contributed by atoms with Gasteiger partial charge in [-0.25, -0.2) is 0 Å². The van der Waals surface area contributed by atoms with E-state index in [9.17, 15) is 0 Å². The molecule has 1 atom stereocenters. The Bertz CT molecular complexity index is 300. The Balaban J connectivity index is 4.85. The normalized spacial score (nSPS) is 16.2. The summed E-state index contributed by atoms with van der Waals surface area (Å²) in [5, 5.41) is 9.06. The second-order valence-corrected chi connectivity index (χ2v) is 4.57. The molecule has 0 aromatic heterocycles. The Labute approximate surface area is 106 Å². The van der Waals surface area contributed by atoms with E-state index in [0.29, 0.717) is 5.92 Å². The van der Waals surface area contributed by atoms with Crippen molar-refractivity contribution in [2.45, 2.75) is 53.9 Å². The van der Waals surface area contributed by atoms with Crippen molar-refractivity contribution < 1.29 is 5.11 Å². The molecule has 0 aromatic carbocycles. The van der Waals surface area contributed by atoms with Crippen LogP contribution >= 0.6 is 0 Å². The highest BCUT2D eigenvalue weighted by atomic mass is 16.3. The van der Waals surface area contributed by atoms with E-state index in [2.05, 4.69) is 32.7 Å². The smallest absolute Gasteiger partial charge is 0.0849 e. The van der Waals surface area contributed by atoms with Crippen LogP contribution in [0.1, 0.15) is 53.9 Å². The Hall–Kier alpha value is -0.890. The Morgan fingerprint density at radius 1 is 1.35 bits per heavy atom. The van der Waals surface area contributed by atoms with E-state index in [4.69, 9.17) is 5.11 Å². The Morgan fingerprint density at radius 2 is 2.00 bits per heavy atom. The molecule has 17 heavy (non-hydrogen) atoms. The van der Waals surface area contributed by atoms with Crippen molar-refractivity contribution in [2.24, 2.45) is 10.9 Å². The molecular weight excluding hydrogens is 210 g/mol. The van der Waals surface area contributed by atoms with Gasteiger partial charge >= 0.3 is 0 Å². The molecule has 0 aliphatic carbocycles. The summed E-state index contributed by atoms with van der Waals surface area (Å²) < 4.78 is 0. The number of aliphatic hydroxyl groups excluding tert-OH is 1. The summed E-state index contributed by atoms with van der Waals surface area (Å²) >= 11 is 0. The third-order valence-electron chi connectivity index (χ3n) is 3.23. The molecule has 2 heteroatoms. The summed E-state index contributed by atoms with van der Waals surface area (Å²) in [5.74, 6) is 0.682. The van der Waals surface area contributed by atoms with Gasteiger partial charge in [0.25, 0.3) is 0 Å². The van der Waals surface area contributed by atoms with Gasteiger partial charge in [0.05, 0.1) is 12.3 Å². The standard InChI is InChI=1S/C15H27NO/c1-6-12(4)9-14(13(5)7-2)10-16-15(8-3)11-17/h8,10,12,17H,6-7,9,11H2,1-5H3/b14-13-,15-8-,16-10-. The van der Waals surface area contributed by atoms with Crippen molar-refractivity contribution in [3.8, 4) is 0 Å². The number of rotatable bonds is 7. The average molecular weight is 237 g/mol. The summed E-state index contributed by atoms with van der Waals surface area (Å²) in [5.41, 5.74) is 3.44. The maximum absolute atomic E-state index is 9.06. The van der Waals surface area contributed by atoms with Crippen molar-refractivity contribution in [3.63, 3.8) is 0 Å². The lowest BCUT2D eigenvalue weighted by Gasteiger charge is -2.12. The van der Waals surface area contributed by atoms with Crippen molar-refractivity contribution in [3.05, 3.63) is 22.9 Å². The van der Waals surface area contributed by atoms with Crippen molar-refractivity contribution in [1.29, 1.82) is 0 Å². The first kappa shape index (κ1) is 16.1. The summed E-state index contributed by atoms with van der Waals surface area (Å²) in [6, 6.07) is 0. The van der Waals surface area contributed by atoms with Crippen LogP contribution in [0.5, 0.6) is 0 Å². The average Bonchev–Trinajstić information content (AvgIpc) is 2.37. The quantitative estimate of drug-likeness (QED) is 0.664. The molecule has 0 saturated carbocycles. The lowest BCUT2D eigenvalue weighted by Crippen LogP contribution is -2.00. The molecule has 2 nitrogen and oxygen atoms in total. The van der Waals surface area contributed by atoms with Crippen LogP contribution in [-0.2, 0) is 0 Å². The molecule has 1 unspecified atom stereocenters. The third kappa shape index (κ3) is 6.42. The minimum absolute atomic E-state index is 0.00871. The first-order chi connectivity index (χ1) is 8.08. The number of nitrogens with zero attached hydrogens (tertiary/aromatic N) is 1. The molecule has 0 aliphatic heterocycles. The van der Waals surface area contributed by atoms with Gasteiger partial charge in [0.15, 0.2) is 0 Å². The van der Waals surface area contributed by atoms with E-state index < -0.39 is 0 Å². The second kappa shape index (κ2) is 9.17. The van der Waals surface area contributed by atoms with Gasteiger partial charge < -0.3 is 5.11 Å². The molecule has 0 bridgehead atoms. The molecular formula is C15H27NO. The van der Waals surface area contributed by atoms with Crippen molar-refractivity contribution >= 4 is 6.21 Å². The first-order valence-electron chi connectivity index (χ1n) is 6.57. The predicted molar refractivity (Wildman–Crippen MR) is 76.4 cm³/mol. The molecule has 0 radical (unpaired) electrons. The van der Waals surface area contributed by atoms with Crippen molar-refractivity contribution in [2.75, 3.05) is 6.61 Å². The molecule has 0 amide bonds. The van der Waals surface area contributed by atoms with Gasteiger partial charge in [0, 0.05) is 6.21 Å². The van der Waals surface area contributed by atoms with Crippen LogP contribution in [0.2, 0.25) is 0 Å². The second-order valence-electron chi connectivity index (χ2n) is 4.57. The molecule has 0 aromatic rings. The van der Waals surface area contributed by atoms with Gasteiger partial charge in [0.2, 0.25) is 0 Å². The monoisotopic (exact) mass is 237 g/mol. The lowest BCUT2D eigenvalue weighted by molar-refractivity contribution is 0.330. The highest BCUT2D eigenvalue weighted by Crippen LogP contribution is 2.18. The zero-order valence-electron chi connectivity index (χ0n) is 12.0. The summed E-state index contributed by atoms with van der Waals surface area (Å²) in [7, 11) is 0. The van der Waals surface area contributed by atoms with Crippen molar-refractivity contribution in [1.82, 2.24) is 0 Å². The van der Waals surface area contributed by atoms with Gasteiger partial charge in [-0.05, 0) is 38.2 Å². The fourth-order valence-corrected chi connectivity index (χ4v) is 1.45. The largest absolute Gasteiger partial charge is 0.390 e. The Kier molecular flexibility index (Phi) is 8.69. The van der Waals surface area contributed by atoms with E-state index in [1.807, 2.05) is 19.2 Å². The number of hydrogen-bond donors (Lipinski definition) is 1. The van der Waals surface area contributed by atoms with Crippen LogP contribution < -0.4 is 0 Å². The van der Waals surface area contributed by atoms with Crippen LogP contribution in [0.25, 0.3) is 0 Å². The zero-order chi connectivity index (χ0) is 13.3. The zero-order valence-corrected chi connectivity index (χ0v) is 12.0. The lowest BCUT2D eigenvalue weighted by atomic mass is 9.95. The highest BCUT2D eigenvalue weighted by Gasteiger charge is 2.05. The first-order valence-corrected chi connectivity index (χ1v) is 6.57. The minimum atomic E-state index is 0.00871. The minimum Gasteiger partial charge on any atom is -0.390 e. The van der Waals surface area contributed by atoms with Gasteiger partial charge in [-0.1, -0.05) is 38.8 Å². The Morgan fingerprint density at radius 3 is 2.41 bits per heavy atom. The fourth-order valence-electron chi connectivity index (χ4n) is 1.45. The predicted octanol–water partition coefficient (Wildman–Crippen LogP) is 4.12. The number of aliphatic imine (C=N–C) groups is 1. The van der Waals surface area contributed by atoms with Crippen LogP contribution in [0.3, 0.4) is 0 Å². The SMILES string of the molecule is C\C=C(CO)/N=C\C(CC(C)CC)=C(\C)CC. The molecule has 0 saturated heterocycles. The fraction of sp³-hybridized carbons (Fsp3) is 0.667. The molecule has 0 aliphatic rings. The third-order valence-corrected chi connectivity index (χ3v) is 3.23. The maximum atomic E-state index is 9.06. The molecule has 0 heterocycles. The van der Waals surface area contributed by atoms with Crippen LogP contribution in [0.4, 0.5) is 0 Å². The molecule has 0 fully saturated rings. The number of aliphatic hydroxyl groups is 1. The van der Waals surface area contributed by atoms with E-state index >= 15 is 0 Å².